The van der Waals surface area contributed by atoms with Crippen LogP contribution in [0.25, 0.3) is 11.2 Å². The van der Waals surface area contributed by atoms with E-state index in [-0.39, 0.29) is 17.2 Å². The van der Waals surface area contributed by atoms with Gasteiger partial charge in [0.2, 0.25) is 5.28 Å². The number of anilines is 1. The van der Waals surface area contributed by atoms with Crippen LogP contribution in [0.1, 0.15) is 51.9 Å². The van der Waals surface area contributed by atoms with Gasteiger partial charge in [-0.15, -0.1) is 0 Å². The van der Waals surface area contributed by atoms with Gasteiger partial charge in [0.25, 0.3) is 0 Å². The molecule has 152 valence electrons. The van der Waals surface area contributed by atoms with E-state index in [2.05, 4.69) is 31.8 Å². The maximum atomic E-state index is 11.8. The van der Waals surface area contributed by atoms with Crippen LogP contribution in [0.4, 0.5) is 5.82 Å². The Hall–Kier alpha value is -1.89. The van der Waals surface area contributed by atoms with E-state index in [1.165, 1.54) is 26.4 Å². The highest BCUT2D eigenvalue weighted by Crippen LogP contribution is 2.34. The highest BCUT2D eigenvalue weighted by molar-refractivity contribution is 6.28. The number of hydrogen-bond acceptors (Lipinski definition) is 6. The number of halogens is 1. The lowest BCUT2D eigenvalue weighted by Crippen LogP contribution is -2.31. The molecule has 2 saturated carbocycles. The van der Waals surface area contributed by atoms with Gasteiger partial charge in [-0.25, -0.2) is 4.98 Å². The standard InChI is InChI=1S/C20H28ClN5O2/c1-12(14-4-3-5-14)23-18-16-17(24-20(21)25-18)22-11-26(16)10-13-6-8-15(9-7-13)19(27)28-2/h11-15H,3-10H2,1-2H3,(H,23,24,25)/t12-,13?,15?/m1/s1. The number of carbonyl (C=O) groups excluding carboxylic acids is 1. The molecule has 0 unspecified atom stereocenters. The van der Waals surface area contributed by atoms with Crippen molar-refractivity contribution in [2.45, 2.75) is 64.5 Å². The van der Waals surface area contributed by atoms with Crippen LogP contribution >= 0.6 is 11.6 Å². The molecule has 2 aromatic heterocycles. The number of carbonyl (C=O) groups is 1. The number of nitrogens with one attached hydrogen (secondary N) is 1. The van der Waals surface area contributed by atoms with Crippen LogP contribution in [0.15, 0.2) is 6.33 Å². The Kier molecular flexibility index (Phi) is 5.71. The van der Waals surface area contributed by atoms with Crippen molar-refractivity contribution in [3.63, 3.8) is 0 Å². The first kappa shape index (κ1) is 19.4. The lowest BCUT2D eigenvalue weighted by Gasteiger charge is -2.32. The summed E-state index contributed by atoms with van der Waals surface area (Å²) in [6.45, 7) is 3.06. The van der Waals surface area contributed by atoms with Crippen LogP contribution < -0.4 is 5.32 Å². The van der Waals surface area contributed by atoms with Crippen LogP contribution in [0, 0.1) is 17.8 Å². The van der Waals surface area contributed by atoms with Crippen LogP contribution in [-0.4, -0.2) is 38.6 Å². The van der Waals surface area contributed by atoms with Gasteiger partial charge in [0, 0.05) is 12.6 Å². The second kappa shape index (κ2) is 8.23. The number of aromatic nitrogens is 4. The Morgan fingerprint density at radius 2 is 2.04 bits per heavy atom. The molecule has 4 rings (SSSR count). The van der Waals surface area contributed by atoms with E-state index in [0.717, 1.165) is 43.6 Å². The topological polar surface area (TPSA) is 81.9 Å². The van der Waals surface area contributed by atoms with Gasteiger partial charge in [-0.2, -0.15) is 9.97 Å². The number of methoxy groups -OCH3 is 1. The summed E-state index contributed by atoms with van der Waals surface area (Å²) >= 11 is 6.14. The van der Waals surface area contributed by atoms with Gasteiger partial charge in [-0.3, -0.25) is 4.79 Å². The van der Waals surface area contributed by atoms with Gasteiger partial charge in [0.15, 0.2) is 11.5 Å². The van der Waals surface area contributed by atoms with Gasteiger partial charge >= 0.3 is 5.97 Å². The Balaban J connectivity index is 1.50. The molecule has 2 aliphatic carbocycles. The molecular weight excluding hydrogens is 378 g/mol. The van der Waals surface area contributed by atoms with Crippen molar-refractivity contribution in [2.75, 3.05) is 12.4 Å². The number of hydrogen-bond donors (Lipinski definition) is 1. The molecule has 0 bridgehead atoms. The van der Waals surface area contributed by atoms with Gasteiger partial charge in [-0.1, -0.05) is 6.42 Å². The molecule has 2 aliphatic rings. The fourth-order valence-electron chi connectivity index (χ4n) is 4.49. The molecule has 2 fully saturated rings. The van der Waals surface area contributed by atoms with Crippen molar-refractivity contribution in [3.05, 3.63) is 11.6 Å². The molecule has 0 amide bonds. The molecule has 8 heteroatoms. The Morgan fingerprint density at radius 3 is 2.68 bits per heavy atom. The summed E-state index contributed by atoms with van der Waals surface area (Å²) in [7, 11) is 1.47. The number of rotatable bonds is 6. The SMILES string of the molecule is COC(=O)C1CCC(Cn2cnc3nc(Cl)nc(N[C@H](C)C4CCC4)c32)CC1. The van der Waals surface area contributed by atoms with Crippen molar-refractivity contribution in [1.29, 1.82) is 0 Å². The Morgan fingerprint density at radius 1 is 1.29 bits per heavy atom. The van der Waals surface area contributed by atoms with Crippen LogP contribution in [0.2, 0.25) is 5.28 Å². The fraction of sp³-hybridized carbons (Fsp3) is 0.700. The maximum absolute atomic E-state index is 11.8. The van der Waals surface area contributed by atoms with Crippen LogP contribution in [0.5, 0.6) is 0 Å². The van der Waals surface area contributed by atoms with E-state index >= 15 is 0 Å². The van der Waals surface area contributed by atoms with E-state index in [1.807, 2.05) is 6.33 Å². The summed E-state index contributed by atoms with van der Waals surface area (Å²) in [5.41, 5.74) is 1.55. The molecule has 1 N–H and O–H groups in total. The van der Waals surface area contributed by atoms with Gasteiger partial charge in [0.1, 0.15) is 5.52 Å². The molecule has 1 atom stereocenters. The van der Waals surface area contributed by atoms with Crippen molar-refractivity contribution >= 4 is 34.6 Å². The molecule has 28 heavy (non-hydrogen) atoms. The van der Waals surface area contributed by atoms with Crippen molar-refractivity contribution in [2.24, 2.45) is 17.8 Å². The monoisotopic (exact) mass is 405 g/mol. The lowest BCUT2D eigenvalue weighted by molar-refractivity contribution is -0.146. The second-order valence-corrected chi connectivity index (χ2v) is 8.61. The van der Waals surface area contributed by atoms with Crippen LogP contribution in [-0.2, 0) is 16.1 Å². The zero-order valence-electron chi connectivity index (χ0n) is 16.5. The highest BCUT2D eigenvalue weighted by Gasteiger charge is 2.28. The normalized spacial score (nSPS) is 24.0. The van der Waals surface area contributed by atoms with E-state index < -0.39 is 0 Å². The van der Waals surface area contributed by atoms with E-state index in [0.29, 0.717) is 23.5 Å². The zero-order chi connectivity index (χ0) is 19.7. The first-order valence-electron chi connectivity index (χ1n) is 10.3. The minimum atomic E-state index is -0.0777. The average Bonchev–Trinajstić information content (AvgIpc) is 3.02. The minimum Gasteiger partial charge on any atom is -0.469 e. The maximum Gasteiger partial charge on any atom is 0.308 e. The van der Waals surface area contributed by atoms with Crippen LogP contribution in [0.3, 0.4) is 0 Å². The highest BCUT2D eigenvalue weighted by atomic mass is 35.5. The number of fused-ring (bicyclic) bond motifs is 1. The molecular formula is C20H28ClN5O2. The Labute approximate surface area is 170 Å². The quantitative estimate of drug-likeness (QED) is 0.576. The summed E-state index contributed by atoms with van der Waals surface area (Å²) in [6, 6.07) is 0.349. The first-order valence-corrected chi connectivity index (χ1v) is 10.7. The summed E-state index contributed by atoms with van der Waals surface area (Å²) in [4.78, 5) is 25.0. The molecule has 0 aliphatic heterocycles. The largest absolute Gasteiger partial charge is 0.469 e. The van der Waals surface area contributed by atoms with Crippen molar-refractivity contribution in [3.8, 4) is 0 Å². The van der Waals surface area contributed by atoms with E-state index in [1.54, 1.807) is 0 Å². The van der Waals surface area contributed by atoms with Gasteiger partial charge in [0.05, 0.1) is 19.4 Å². The number of esters is 1. The Bertz CT molecular complexity index is 842. The molecule has 2 heterocycles. The summed E-state index contributed by atoms with van der Waals surface area (Å²) in [5.74, 6) is 1.93. The van der Waals surface area contributed by atoms with Crippen molar-refractivity contribution < 1.29 is 9.53 Å². The fourth-order valence-corrected chi connectivity index (χ4v) is 4.66. The lowest BCUT2D eigenvalue weighted by atomic mass is 9.80. The predicted octanol–water partition coefficient (Wildman–Crippen LogP) is 4.06. The number of nitrogens with zero attached hydrogens (tertiary/aromatic N) is 4. The third kappa shape index (κ3) is 3.95. The van der Waals surface area contributed by atoms with Crippen molar-refractivity contribution in [1.82, 2.24) is 19.5 Å². The molecule has 0 saturated heterocycles. The average molecular weight is 406 g/mol. The number of imidazole rings is 1. The smallest absolute Gasteiger partial charge is 0.308 e. The van der Waals surface area contributed by atoms with Gasteiger partial charge in [-0.05, 0) is 68.9 Å². The first-order chi connectivity index (χ1) is 13.5. The summed E-state index contributed by atoms with van der Waals surface area (Å²) in [5, 5.41) is 3.79. The van der Waals surface area contributed by atoms with Gasteiger partial charge < -0.3 is 14.6 Å². The third-order valence-electron chi connectivity index (χ3n) is 6.50. The molecule has 0 spiro atoms. The zero-order valence-corrected chi connectivity index (χ0v) is 17.3. The molecule has 2 aromatic rings. The molecule has 0 radical (unpaired) electrons. The third-order valence-corrected chi connectivity index (χ3v) is 6.67. The predicted molar refractivity (Wildman–Crippen MR) is 108 cm³/mol. The molecule has 0 aromatic carbocycles. The number of ether oxygens (including phenoxy) is 1. The van der Waals surface area contributed by atoms with E-state index in [4.69, 9.17) is 16.3 Å². The second-order valence-electron chi connectivity index (χ2n) is 8.28. The minimum absolute atomic E-state index is 0.0449. The summed E-state index contributed by atoms with van der Waals surface area (Å²) < 4.78 is 7.04. The summed E-state index contributed by atoms with van der Waals surface area (Å²) in [6.07, 6.45) is 9.46. The molecule has 7 nitrogen and oxygen atoms in total. The van der Waals surface area contributed by atoms with E-state index in [9.17, 15) is 4.79 Å².